The lowest BCUT2D eigenvalue weighted by atomic mass is 10.4. The lowest BCUT2D eigenvalue weighted by Gasteiger charge is -2.12. The van der Waals surface area contributed by atoms with E-state index in [1.165, 1.54) is 6.20 Å². The number of aromatic nitrogens is 1. The van der Waals surface area contributed by atoms with Crippen LogP contribution in [0.5, 0.6) is 5.75 Å². The van der Waals surface area contributed by atoms with Crippen molar-refractivity contribution in [2.45, 2.75) is 20.0 Å². The summed E-state index contributed by atoms with van der Waals surface area (Å²) in [4.78, 5) is 3.62. The molecule has 0 fully saturated rings. The number of halogens is 2. The lowest BCUT2D eigenvalue weighted by Crippen LogP contribution is -2.09. The molecule has 0 amide bonds. The number of nitrogens with two attached hydrogens (primary N) is 1. The summed E-state index contributed by atoms with van der Waals surface area (Å²) < 4.78 is 19.0. The van der Waals surface area contributed by atoms with Crippen LogP contribution in [-0.4, -0.2) is 11.1 Å². The lowest BCUT2D eigenvalue weighted by molar-refractivity contribution is 0.229. The fourth-order valence-corrected chi connectivity index (χ4v) is 1.18. The van der Waals surface area contributed by atoms with Crippen molar-refractivity contribution in [1.29, 1.82) is 0 Å². The monoisotopic (exact) mass is 248 g/mol. The van der Waals surface area contributed by atoms with Gasteiger partial charge in [0.1, 0.15) is 0 Å². The van der Waals surface area contributed by atoms with Gasteiger partial charge in [0, 0.05) is 6.20 Å². The van der Waals surface area contributed by atoms with Crippen molar-refractivity contribution in [2.24, 2.45) is 0 Å². The molecule has 13 heavy (non-hydrogen) atoms. The van der Waals surface area contributed by atoms with Crippen LogP contribution in [0.4, 0.5) is 10.2 Å². The van der Waals surface area contributed by atoms with Gasteiger partial charge in [-0.2, -0.15) is 4.39 Å². The largest absolute Gasteiger partial charge is 0.487 e. The number of rotatable bonds is 2. The van der Waals surface area contributed by atoms with Gasteiger partial charge < -0.3 is 10.5 Å². The first-order chi connectivity index (χ1) is 6.02. The van der Waals surface area contributed by atoms with Crippen molar-refractivity contribution in [3.8, 4) is 5.75 Å². The Balaban J connectivity index is 3.10. The Morgan fingerprint density at radius 3 is 2.77 bits per heavy atom. The molecule has 0 aliphatic heterocycles. The number of ether oxygens (including phenoxy) is 1. The van der Waals surface area contributed by atoms with Crippen LogP contribution in [0, 0.1) is 5.82 Å². The second-order valence-electron chi connectivity index (χ2n) is 2.80. The molecule has 0 aliphatic carbocycles. The zero-order chi connectivity index (χ0) is 10.0. The van der Waals surface area contributed by atoms with E-state index in [1.54, 1.807) is 0 Å². The highest BCUT2D eigenvalue weighted by atomic mass is 79.9. The van der Waals surface area contributed by atoms with Crippen molar-refractivity contribution < 1.29 is 9.13 Å². The Hall–Kier alpha value is -0.840. The molecule has 1 aromatic rings. The molecular formula is C8H10BrFN2O. The van der Waals surface area contributed by atoms with E-state index in [4.69, 9.17) is 10.5 Å². The minimum atomic E-state index is -0.622. The summed E-state index contributed by atoms with van der Waals surface area (Å²) >= 11 is 3.13. The van der Waals surface area contributed by atoms with E-state index >= 15 is 0 Å². The second kappa shape index (κ2) is 3.91. The van der Waals surface area contributed by atoms with Crippen LogP contribution in [0.1, 0.15) is 13.8 Å². The molecule has 5 heteroatoms. The van der Waals surface area contributed by atoms with E-state index < -0.39 is 5.82 Å². The van der Waals surface area contributed by atoms with Gasteiger partial charge in [-0.05, 0) is 29.8 Å². The normalized spacial score (nSPS) is 10.5. The Bertz CT molecular complexity index is 317. The molecule has 0 saturated carbocycles. The zero-order valence-corrected chi connectivity index (χ0v) is 8.93. The number of nitrogens with zero attached hydrogens (tertiary/aromatic N) is 1. The summed E-state index contributed by atoms with van der Waals surface area (Å²) in [7, 11) is 0. The van der Waals surface area contributed by atoms with Crippen molar-refractivity contribution in [3.63, 3.8) is 0 Å². The van der Waals surface area contributed by atoms with E-state index in [-0.39, 0.29) is 17.7 Å². The SMILES string of the molecule is CC(C)Oc1c(Br)cnc(N)c1F. The minimum Gasteiger partial charge on any atom is -0.487 e. The molecule has 0 bridgehead atoms. The van der Waals surface area contributed by atoms with Gasteiger partial charge in [-0.1, -0.05) is 0 Å². The first kappa shape index (κ1) is 10.2. The summed E-state index contributed by atoms with van der Waals surface area (Å²) in [5.74, 6) is -0.663. The van der Waals surface area contributed by atoms with E-state index in [0.29, 0.717) is 4.47 Å². The van der Waals surface area contributed by atoms with Crippen LogP contribution in [-0.2, 0) is 0 Å². The average Bonchev–Trinajstić information content (AvgIpc) is 2.05. The van der Waals surface area contributed by atoms with E-state index in [0.717, 1.165) is 0 Å². The van der Waals surface area contributed by atoms with Crippen molar-refractivity contribution in [3.05, 3.63) is 16.5 Å². The number of pyridine rings is 1. The minimum absolute atomic E-state index is 0.104. The Morgan fingerprint density at radius 1 is 1.62 bits per heavy atom. The highest BCUT2D eigenvalue weighted by molar-refractivity contribution is 9.10. The molecule has 0 unspecified atom stereocenters. The summed E-state index contributed by atoms with van der Waals surface area (Å²) in [5, 5.41) is 0. The molecule has 0 aromatic carbocycles. The number of nitrogen functional groups attached to an aromatic ring is 1. The molecule has 0 saturated heterocycles. The quantitative estimate of drug-likeness (QED) is 0.875. The topological polar surface area (TPSA) is 48.1 Å². The van der Waals surface area contributed by atoms with E-state index in [9.17, 15) is 4.39 Å². The molecule has 0 spiro atoms. The van der Waals surface area contributed by atoms with Gasteiger partial charge in [-0.3, -0.25) is 0 Å². The van der Waals surface area contributed by atoms with Crippen molar-refractivity contribution >= 4 is 21.7 Å². The smallest absolute Gasteiger partial charge is 0.208 e. The third-order valence-electron chi connectivity index (χ3n) is 1.31. The Kier molecular flexibility index (Phi) is 3.08. The number of hydrogen-bond acceptors (Lipinski definition) is 3. The number of anilines is 1. The molecular weight excluding hydrogens is 239 g/mol. The maximum absolute atomic E-state index is 13.3. The van der Waals surface area contributed by atoms with Crippen LogP contribution < -0.4 is 10.5 Å². The maximum Gasteiger partial charge on any atom is 0.208 e. The van der Waals surface area contributed by atoms with Gasteiger partial charge in [-0.25, -0.2) is 4.98 Å². The summed E-state index contributed by atoms with van der Waals surface area (Å²) in [6, 6.07) is 0. The first-order valence-electron chi connectivity index (χ1n) is 3.78. The molecule has 0 atom stereocenters. The van der Waals surface area contributed by atoms with Crippen LogP contribution >= 0.6 is 15.9 Å². The Labute approximate surface area is 84.2 Å². The predicted octanol–water partition coefficient (Wildman–Crippen LogP) is 2.35. The van der Waals surface area contributed by atoms with Gasteiger partial charge in [0.2, 0.25) is 5.82 Å². The van der Waals surface area contributed by atoms with E-state index in [2.05, 4.69) is 20.9 Å². The molecule has 2 N–H and O–H groups in total. The molecule has 1 aromatic heterocycles. The van der Waals surface area contributed by atoms with Crippen LogP contribution in [0.15, 0.2) is 10.7 Å². The second-order valence-corrected chi connectivity index (χ2v) is 3.66. The van der Waals surface area contributed by atoms with Crippen LogP contribution in [0.25, 0.3) is 0 Å². The average molecular weight is 249 g/mol. The highest BCUT2D eigenvalue weighted by Crippen LogP contribution is 2.30. The summed E-state index contributed by atoms with van der Waals surface area (Å²) in [6.45, 7) is 3.62. The molecule has 3 nitrogen and oxygen atoms in total. The summed E-state index contributed by atoms with van der Waals surface area (Å²) in [5.41, 5.74) is 5.28. The molecule has 0 aliphatic rings. The summed E-state index contributed by atoms with van der Waals surface area (Å²) in [6.07, 6.45) is 1.31. The third-order valence-corrected chi connectivity index (χ3v) is 1.88. The van der Waals surface area contributed by atoms with Crippen LogP contribution in [0.3, 0.4) is 0 Å². The fourth-order valence-electron chi connectivity index (χ4n) is 0.806. The number of hydrogen-bond donors (Lipinski definition) is 1. The standard InChI is InChI=1S/C8H10BrFN2O/c1-4(2)13-7-5(9)3-12-8(11)6(7)10/h3-4H,1-2H3,(H2,11,12). The van der Waals surface area contributed by atoms with Crippen molar-refractivity contribution in [2.75, 3.05) is 5.73 Å². The molecule has 0 radical (unpaired) electrons. The molecule has 1 heterocycles. The third kappa shape index (κ3) is 2.30. The fraction of sp³-hybridized carbons (Fsp3) is 0.375. The molecule has 1 rings (SSSR count). The van der Waals surface area contributed by atoms with Gasteiger partial charge in [0.05, 0.1) is 10.6 Å². The first-order valence-corrected chi connectivity index (χ1v) is 4.57. The molecule has 72 valence electrons. The van der Waals surface area contributed by atoms with Gasteiger partial charge >= 0.3 is 0 Å². The maximum atomic E-state index is 13.3. The zero-order valence-electron chi connectivity index (χ0n) is 7.34. The van der Waals surface area contributed by atoms with Gasteiger partial charge in [-0.15, -0.1) is 0 Å². The highest BCUT2D eigenvalue weighted by Gasteiger charge is 2.13. The van der Waals surface area contributed by atoms with Gasteiger partial charge in [0.25, 0.3) is 0 Å². The van der Waals surface area contributed by atoms with Crippen molar-refractivity contribution in [1.82, 2.24) is 4.98 Å². The van der Waals surface area contributed by atoms with Gasteiger partial charge in [0.15, 0.2) is 11.6 Å². The Morgan fingerprint density at radius 2 is 2.23 bits per heavy atom. The predicted molar refractivity (Wildman–Crippen MR) is 52.1 cm³/mol. The van der Waals surface area contributed by atoms with Crippen LogP contribution in [0.2, 0.25) is 0 Å². The van der Waals surface area contributed by atoms with E-state index in [1.807, 2.05) is 13.8 Å².